The Balaban J connectivity index is 1.47. The summed E-state index contributed by atoms with van der Waals surface area (Å²) < 4.78 is 0. The van der Waals surface area contributed by atoms with E-state index in [0.29, 0.717) is 12.3 Å². The number of nitrogens with zero attached hydrogens (tertiary/aromatic N) is 3. The topological polar surface area (TPSA) is 58.1 Å². The molecule has 0 bridgehead atoms. The molecule has 31 heavy (non-hydrogen) atoms. The van der Waals surface area contributed by atoms with Crippen LogP contribution in [0, 0.1) is 12.8 Å². The highest BCUT2D eigenvalue weighted by atomic mass is 16.1. The summed E-state index contributed by atoms with van der Waals surface area (Å²) in [5.74, 6) is 0.354. The van der Waals surface area contributed by atoms with E-state index in [9.17, 15) is 4.79 Å². The molecule has 2 aromatic heterocycles. The van der Waals surface area contributed by atoms with E-state index in [1.807, 2.05) is 67.7 Å². The molecule has 0 radical (unpaired) electrons. The molecule has 3 heterocycles. The van der Waals surface area contributed by atoms with Gasteiger partial charge in [-0.05, 0) is 62.1 Å². The fourth-order valence-electron chi connectivity index (χ4n) is 4.42. The van der Waals surface area contributed by atoms with Gasteiger partial charge in [0.1, 0.15) is 0 Å². The number of carbonyl (C=O) groups excluding carboxylic acids is 1. The van der Waals surface area contributed by atoms with Crippen molar-refractivity contribution in [2.75, 3.05) is 13.1 Å². The Morgan fingerprint density at radius 2 is 1.94 bits per heavy atom. The maximum atomic E-state index is 12.9. The maximum absolute atomic E-state index is 12.9. The molecule has 2 atom stereocenters. The van der Waals surface area contributed by atoms with E-state index in [4.69, 9.17) is 0 Å². The van der Waals surface area contributed by atoms with Gasteiger partial charge in [-0.3, -0.25) is 19.7 Å². The van der Waals surface area contributed by atoms with Crippen LogP contribution >= 0.6 is 0 Å². The van der Waals surface area contributed by atoms with Crippen molar-refractivity contribution in [3.8, 4) is 0 Å². The maximum Gasteiger partial charge on any atom is 0.224 e. The minimum atomic E-state index is -0.0920. The van der Waals surface area contributed by atoms with Gasteiger partial charge in [-0.2, -0.15) is 0 Å². The molecule has 1 aromatic carbocycles. The van der Waals surface area contributed by atoms with Crippen molar-refractivity contribution in [3.63, 3.8) is 0 Å². The number of nitrogens with one attached hydrogen (secondary N) is 1. The highest BCUT2D eigenvalue weighted by Gasteiger charge is 2.30. The summed E-state index contributed by atoms with van der Waals surface area (Å²) in [6, 6.07) is 21.9. The second-order valence-electron chi connectivity index (χ2n) is 8.37. The van der Waals surface area contributed by atoms with Crippen LogP contribution in [0.25, 0.3) is 0 Å². The van der Waals surface area contributed by atoms with Gasteiger partial charge in [-0.15, -0.1) is 0 Å². The molecule has 0 aliphatic carbocycles. The number of hydrogen-bond acceptors (Lipinski definition) is 4. The van der Waals surface area contributed by atoms with Crippen molar-refractivity contribution < 1.29 is 4.79 Å². The van der Waals surface area contributed by atoms with E-state index in [0.717, 1.165) is 55.1 Å². The number of carbonyl (C=O) groups is 1. The van der Waals surface area contributed by atoms with Gasteiger partial charge in [0, 0.05) is 25.0 Å². The highest BCUT2D eigenvalue weighted by molar-refractivity contribution is 5.79. The lowest BCUT2D eigenvalue weighted by atomic mass is 9.88. The second-order valence-corrected chi connectivity index (χ2v) is 8.37. The molecule has 160 valence electrons. The largest absolute Gasteiger partial charge is 0.347 e. The van der Waals surface area contributed by atoms with Gasteiger partial charge in [0.25, 0.3) is 0 Å². The van der Waals surface area contributed by atoms with E-state index in [2.05, 4.69) is 32.3 Å². The lowest BCUT2D eigenvalue weighted by Gasteiger charge is -2.37. The smallest absolute Gasteiger partial charge is 0.224 e. The molecular formula is C26H30N4O. The third kappa shape index (κ3) is 5.98. The number of benzene rings is 1. The van der Waals surface area contributed by atoms with Crippen LogP contribution in [0.4, 0.5) is 0 Å². The quantitative estimate of drug-likeness (QED) is 0.632. The number of amides is 1. The van der Waals surface area contributed by atoms with E-state index >= 15 is 0 Å². The van der Waals surface area contributed by atoms with Crippen LogP contribution in [0.3, 0.4) is 0 Å². The lowest BCUT2D eigenvalue weighted by Crippen LogP contribution is -2.43. The van der Waals surface area contributed by atoms with Gasteiger partial charge >= 0.3 is 0 Å². The lowest BCUT2D eigenvalue weighted by molar-refractivity contribution is -0.121. The molecule has 1 N–H and O–H groups in total. The molecule has 5 nitrogen and oxygen atoms in total. The molecule has 1 aliphatic heterocycles. The summed E-state index contributed by atoms with van der Waals surface area (Å²) >= 11 is 0. The molecule has 0 saturated carbocycles. The Hall–Kier alpha value is -3.05. The zero-order valence-electron chi connectivity index (χ0n) is 18.1. The minimum Gasteiger partial charge on any atom is -0.347 e. The Kier molecular flexibility index (Phi) is 7.05. The van der Waals surface area contributed by atoms with Crippen LogP contribution in [-0.2, 0) is 17.8 Å². The number of aryl methyl sites for hydroxylation is 1. The first-order valence-electron chi connectivity index (χ1n) is 11.1. The SMILES string of the molecule is Cc1cccc(CN2CCC[C@H]([C@H](NC(=O)Cc3ccccc3)c3ccccn3)C2)n1. The van der Waals surface area contributed by atoms with Gasteiger partial charge in [-0.25, -0.2) is 0 Å². The molecule has 1 saturated heterocycles. The van der Waals surface area contributed by atoms with E-state index in [1.165, 1.54) is 0 Å². The summed E-state index contributed by atoms with van der Waals surface area (Å²) in [5, 5.41) is 3.30. The van der Waals surface area contributed by atoms with E-state index in [1.54, 1.807) is 0 Å². The zero-order valence-corrected chi connectivity index (χ0v) is 18.1. The van der Waals surface area contributed by atoms with Crippen molar-refractivity contribution in [1.29, 1.82) is 0 Å². The Morgan fingerprint density at radius 1 is 1.10 bits per heavy atom. The monoisotopic (exact) mass is 414 g/mol. The normalized spacial score (nSPS) is 17.8. The molecule has 1 aliphatic rings. The Morgan fingerprint density at radius 3 is 2.71 bits per heavy atom. The van der Waals surface area contributed by atoms with Crippen molar-refractivity contribution >= 4 is 5.91 Å². The molecular weight excluding hydrogens is 384 g/mol. The fourth-order valence-corrected chi connectivity index (χ4v) is 4.42. The van der Waals surface area contributed by atoms with Crippen LogP contribution in [0.15, 0.2) is 72.9 Å². The van der Waals surface area contributed by atoms with E-state index in [-0.39, 0.29) is 11.9 Å². The number of hydrogen-bond donors (Lipinski definition) is 1. The number of aromatic nitrogens is 2. The number of rotatable bonds is 7. The zero-order chi connectivity index (χ0) is 21.5. The third-order valence-electron chi connectivity index (χ3n) is 5.88. The average molecular weight is 415 g/mol. The van der Waals surface area contributed by atoms with Crippen LogP contribution in [-0.4, -0.2) is 33.9 Å². The average Bonchev–Trinajstić information content (AvgIpc) is 2.79. The van der Waals surface area contributed by atoms with Crippen LogP contribution < -0.4 is 5.32 Å². The molecule has 5 heteroatoms. The summed E-state index contributed by atoms with van der Waals surface area (Å²) in [7, 11) is 0. The molecule has 3 aromatic rings. The first-order chi connectivity index (χ1) is 15.2. The fraction of sp³-hybridized carbons (Fsp3) is 0.346. The first kappa shape index (κ1) is 21.2. The molecule has 0 unspecified atom stereocenters. The molecule has 4 rings (SSSR count). The van der Waals surface area contributed by atoms with Crippen molar-refractivity contribution in [2.45, 2.75) is 38.8 Å². The third-order valence-corrected chi connectivity index (χ3v) is 5.88. The molecule has 0 spiro atoms. The standard InChI is InChI=1S/C26H30N4O/c1-20-9-7-13-23(28-20)19-30-16-8-12-22(18-30)26(24-14-5-6-15-27-24)29-25(31)17-21-10-3-2-4-11-21/h2-7,9-11,13-15,22,26H,8,12,16-19H2,1H3,(H,29,31)/t22-,26-/m0/s1. The summed E-state index contributed by atoms with van der Waals surface area (Å²) in [6.07, 6.45) is 4.37. The predicted molar refractivity (Wildman–Crippen MR) is 122 cm³/mol. The van der Waals surface area contributed by atoms with Crippen LogP contribution in [0.2, 0.25) is 0 Å². The van der Waals surface area contributed by atoms with Gasteiger partial charge in [0.05, 0.1) is 23.9 Å². The van der Waals surface area contributed by atoms with Crippen LogP contribution in [0.5, 0.6) is 0 Å². The number of likely N-dealkylation sites (tertiary alicyclic amines) is 1. The minimum absolute atomic E-state index is 0.0410. The van der Waals surface area contributed by atoms with Crippen molar-refractivity contribution in [1.82, 2.24) is 20.2 Å². The van der Waals surface area contributed by atoms with Crippen LogP contribution in [0.1, 0.15) is 41.5 Å². The molecule has 1 fully saturated rings. The summed E-state index contributed by atoms with van der Waals surface area (Å²) in [6.45, 7) is 4.84. The second kappa shape index (κ2) is 10.3. The molecule has 1 amide bonds. The van der Waals surface area contributed by atoms with Gasteiger partial charge in [0.15, 0.2) is 0 Å². The number of pyridine rings is 2. The van der Waals surface area contributed by atoms with Crippen molar-refractivity contribution in [3.05, 3.63) is 95.6 Å². The Bertz CT molecular complexity index is 977. The Labute approximate surface area is 184 Å². The number of piperidine rings is 1. The van der Waals surface area contributed by atoms with Crippen molar-refractivity contribution in [2.24, 2.45) is 5.92 Å². The summed E-state index contributed by atoms with van der Waals surface area (Å²) in [4.78, 5) is 24.6. The summed E-state index contributed by atoms with van der Waals surface area (Å²) in [5.41, 5.74) is 4.11. The first-order valence-corrected chi connectivity index (χ1v) is 11.1. The van der Waals surface area contributed by atoms with Gasteiger partial charge in [-0.1, -0.05) is 42.5 Å². The highest BCUT2D eigenvalue weighted by Crippen LogP contribution is 2.29. The predicted octanol–water partition coefficient (Wildman–Crippen LogP) is 4.10. The van der Waals surface area contributed by atoms with E-state index < -0.39 is 0 Å². The van der Waals surface area contributed by atoms with Gasteiger partial charge < -0.3 is 5.32 Å². The van der Waals surface area contributed by atoms with Gasteiger partial charge in [0.2, 0.25) is 5.91 Å².